The summed E-state index contributed by atoms with van der Waals surface area (Å²) in [5.74, 6) is 2.31. The normalized spacial score (nSPS) is 34.6. The van der Waals surface area contributed by atoms with Crippen molar-refractivity contribution in [3.8, 4) is 0 Å². The third kappa shape index (κ3) is 1.91. The number of hydrogen-bond donors (Lipinski definition) is 1. The fraction of sp³-hybridized carbons (Fsp3) is 0.818. The topological polar surface area (TPSA) is 51.0 Å². The summed E-state index contributed by atoms with van der Waals surface area (Å²) in [4.78, 5) is 4.28. The number of rotatable bonds is 2. The molecule has 0 amide bonds. The van der Waals surface area contributed by atoms with Crippen LogP contribution in [0.5, 0.6) is 0 Å². The van der Waals surface area contributed by atoms with Gasteiger partial charge in [0.25, 0.3) is 0 Å². The lowest BCUT2D eigenvalue weighted by molar-refractivity contribution is 0.270. The molecule has 0 saturated carbocycles. The van der Waals surface area contributed by atoms with Crippen molar-refractivity contribution < 1.29 is 4.52 Å². The number of aryl methyl sites for hydroxylation is 1. The van der Waals surface area contributed by atoms with Gasteiger partial charge in [0, 0.05) is 18.5 Å². The average Bonchev–Trinajstić information content (AvgIpc) is 2.74. The van der Waals surface area contributed by atoms with E-state index < -0.39 is 0 Å². The van der Waals surface area contributed by atoms with Gasteiger partial charge in [-0.2, -0.15) is 4.98 Å². The molecule has 2 atom stereocenters. The van der Waals surface area contributed by atoms with Gasteiger partial charge in [0.2, 0.25) is 5.89 Å². The van der Waals surface area contributed by atoms with E-state index >= 15 is 0 Å². The maximum absolute atomic E-state index is 5.18. The molecule has 0 aromatic carbocycles. The molecular formula is C11H17N3O. The van der Waals surface area contributed by atoms with E-state index in [0.717, 1.165) is 36.1 Å². The fourth-order valence-electron chi connectivity index (χ4n) is 3.01. The first kappa shape index (κ1) is 9.33. The number of nitrogens with zero attached hydrogens (tertiary/aromatic N) is 2. The Morgan fingerprint density at radius 2 is 2.07 bits per heavy atom. The van der Waals surface area contributed by atoms with Crippen molar-refractivity contribution in [3.63, 3.8) is 0 Å². The van der Waals surface area contributed by atoms with Crippen LogP contribution in [-0.4, -0.2) is 22.2 Å². The standard InChI is InChI=1S/C11H17N3O/c1-7-12-11(15-14-7)6-8-4-9-2-3-10(5-8)13-9/h8-10,13H,2-6H2,1H3. The Morgan fingerprint density at radius 1 is 1.33 bits per heavy atom. The van der Waals surface area contributed by atoms with E-state index in [1.54, 1.807) is 0 Å². The first-order valence-electron chi connectivity index (χ1n) is 5.85. The summed E-state index contributed by atoms with van der Waals surface area (Å²) in [6.45, 7) is 1.87. The van der Waals surface area contributed by atoms with E-state index in [4.69, 9.17) is 4.52 Å². The molecule has 0 radical (unpaired) electrons. The molecule has 82 valence electrons. The van der Waals surface area contributed by atoms with Crippen LogP contribution in [0.4, 0.5) is 0 Å². The van der Waals surface area contributed by atoms with Crippen LogP contribution in [-0.2, 0) is 6.42 Å². The second kappa shape index (κ2) is 3.59. The number of fused-ring (bicyclic) bond motifs is 2. The van der Waals surface area contributed by atoms with Crippen LogP contribution in [0.15, 0.2) is 4.52 Å². The summed E-state index contributed by atoms with van der Waals surface area (Å²) in [7, 11) is 0. The fourth-order valence-corrected chi connectivity index (χ4v) is 3.01. The summed E-state index contributed by atoms with van der Waals surface area (Å²) < 4.78 is 5.18. The number of nitrogens with one attached hydrogen (secondary N) is 1. The summed E-state index contributed by atoms with van der Waals surface area (Å²) in [5, 5.41) is 7.48. The predicted octanol–water partition coefficient (Wildman–Crippen LogP) is 1.45. The maximum atomic E-state index is 5.18. The quantitative estimate of drug-likeness (QED) is 0.797. The second-order valence-electron chi connectivity index (χ2n) is 4.91. The third-order valence-corrected chi connectivity index (χ3v) is 3.60. The highest BCUT2D eigenvalue weighted by Gasteiger charge is 2.33. The zero-order chi connectivity index (χ0) is 10.3. The highest BCUT2D eigenvalue weighted by Crippen LogP contribution is 2.32. The SMILES string of the molecule is Cc1noc(CC2CC3CCC(C2)N3)n1. The Labute approximate surface area is 89.4 Å². The van der Waals surface area contributed by atoms with Crippen molar-refractivity contribution in [1.29, 1.82) is 0 Å². The van der Waals surface area contributed by atoms with Gasteiger partial charge in [0.15, 0.2) is 5.82 Å². The van der Waals surface area contributed by atoms with E-state index in [9.17, 15) is 0 Å². The molecule has 2 unspecified atom stereocenters. The van der Waals surface area contributed by atoms with Crippen LogP contribution in [0.25, 0.3) is 0 Å². The monoisotopic (exact) mass is 207 g/mol. The Morgan fingerprint density at radius 3 is 2.67 bits per heavy atom. The third-order valence-electron chi connectivity index (χ3n) is 3.60. The summed E-state index contributed by atoms with van der Waals surface area (Å²) in [6.07, 6.45) is 6.22. The molecule has 1 aromatic heterocycles. The molecule has 0 aliphatic carbocycles. The van der Waals surface area contributed by atoms with E-state index in [1.807, 2.05) is 6.92 Å². The van der Waals surface area contributed by atoms with Gasteiger partial charge in [0.1, 0.15) is 0 Å². The minimum atomic E-state index is 0.739. The van der Waals surface area contributed by atoms with Gasteiger partial charge >= 0.3 is 0 Å². The second-order valence-corrected chi connectivity index (χ2v) is 4.91. The molecule has 2 aliphatic rings. The maximum Gasteiger partial charge on any atom is 0.226 e. The molecule has 4 heteroatoms. The van der Waals surface area contributed by atoms with Gasteiger partial charge in [-0.15, -0.1) is 0 Å². The van der Waals surface area contributed by atoms with Gasteiger partial charge < -0.3 is 9.84 Å². The minimum Gasteiger partial charge on any atom is -0.339 e. The van der Waals surface area contributed by atoms with E-state index in [2.05, 4.69) is 15.5 Å². The molecule has 1 N–H and O–H groups in total. The molecule has 3 heterocycles. The van der Waals surface area contributed by atoms with Crippen molar-refractivity contribution in [2.45, 2.75) is 51.1 Å². The zero-order valence-electron chi connectivity index (χ0n) is 9.07. The van der Waals surface area contributed by atoms with Crippen LogP contribution in [0.3, 0.4) is 0 Å². The Hall–Kier alpha value is -0.900. The molecule has 4 nitrogen and oxygen atoms in total. The van der Waals surface area contributed by atoms with Crippen molar-refractivity contribution in [2.75, 3.05) is 0 Å². The number of hydrogen-bond acceptors (Lipinski definition) is 4. The molecule has 2 aliphatic heterocycles. The van der Waals surface area contributed by atoms with Crippen LogP contribution in [0.2, 0.25) is 0 Å². The summed E-state index contributed by atoms with van der Waals surface area (Å²) in [6, 6.07) is 1.50. The Balaban J connectivity index is 1.64. The van der Waals surface area contributed by atoms with Crippen LogP contribution < -0.4 is 5.32 Å². The summed E-state index contributed by atoms with van der Waals surface area (Å²) >= 11 is 0. The molecule has 3 rings (SSSR count). The highest BCUT2D eigenvalue weighted by molar-refractivity contribution is 4.95. The predicted molar refractivity (Wildman–Crippen MR) is 55.4 cm³/mol. The largest absolute Gasteiger partial charge is 0.339 e. The van der Waals surface area contributed by atoms with Gasteiger partial charge in [-0.05, 0) is 38.5 Å². The lowest BCUT2D eigenvalue weighted by atomic mass is 9.90. The first-order chi connectivity index (χ1) is 7.29. The zero-order valence-corrected chi connectivity index (χ0v) is 9.07. The molecule has 2 fully saturated rings. The van der Waals surface area contributed by atoms with Crippen LogP contribution in [0.1, 0.15) is 37.4 Å². The molecule has 0 spiro atoms. The van der Waals surface area contributed by atoms with E-state index in [1.165, 1.54) is 25.7 Å². The molecule has 2 saturated heterocycles. The van der Waals surface area contributed by atoms with Crippen molar-refractivity contribution in [2.24, 2.45) is 5.92 Å². The van der Waals surface area contributed by atoms with Crippen LogP contribution >= 0.6 is 0 Å². The average molecular weight is 207 g/mol. The molecule has 1 aromatic rings. The number of piperidine rings is 1. The lowest BCUT2D eigenvalue weighted by Gasteiger charge is -2.27. The van der Waals surface area contributed by atoms with E-state index in [0.29, 0.717) is 0 Å². The molecule has 2 bridgehead atoms. The van der Waals surface area contributed by atoms with Crippen molar-refractivity contribution >= 4 is 0 Å². The lowest BCUT2D eigenvalue weighted by Crippen LogP contribution is -2.38. The van der Waals surface area contributed by atoms with Gasteiger partial charge in [-0.1, -0.05) is 5.16 Å². The van der Waals surface area contributed by atoms with Crippen molar-refractivity contribution in [3.05, 3.63) is 11.7 Å². The Bertz CT molecular complexity index is 337. The van der Waals surface area contributed by atoms with Crippen molar-refractivity contribution in [1.82, 2.24) is 15.5 Å². The van der Waals surface area contributed by atoms with E-state index in [-0.39, 0.29) is 0 Å². The highest BCUT2D eigenvalue weighted by atomic mass is 16.5. The minimum absolute atomic E-state index is 0.739. The van der Waals surface area contributed by atoms with Gasteiger partial charge in [0.05, 0.1) is 0 Å². The van der Waals surface area contributed by atoms with Crippen LogP contribution in [0, 0.1) is 12.8 Å². The molecular weight excluding hydrogens is 190 g/mol. The Kier molecular flexibility index (Phi) is 2.24. The summed E-state index contributed by atoms with van der Waals surface area (Å²) in [5.41, 5.74) is 0. The van der Waals surface area contributed by atoms with Gasteiger partial charge in [-0.3, -0.25) is 0 Å². The first-order valence-corrected chi connectivity index (χ1v) is 5.85. The molecule has 15 heavy (non-hydrogen) atoms. The van der Waals surface area contributed by atoms with Gasteiger partial charge in [-0.25, -0.2) is 0 Å². The smallest absolute Gasteiger partial charge is 0.226 e. The number of aromatic nitrogens is 2.